The third-order valence-electron chi connectivity index (χ3n) is 4.99. The fourth-order valence-corrected chi connectivity index (χ4v) is 4.38. The molecule has 2 aromatic carbocycles. The van der Waals surface area contributed by atoms with Gasteiger partial charge in [-0.05, 0) is 42.3 Å². The second kappa shape index (κ2) is 10.9. The number of aryl methyl sites for hydroxylation is 1. The van der Waals surface area contributed by atoms with Crippen molar-refractivity contribution in [3.8, 4) is 0 Å². The molecule has 0 bridgehead atoms. The van der Waals surface area contributed by atoms with Crippen molar-refractivity contribution < 1.29 is 4.79 Å². The molecule has 3 rings (SSSR count). The van der Waals surface area contributed by atoms with Gasteiger partial charge in [0.05, 0.1) is 6.54 Å². The van der Waals surface area contributed by atoms with Crippen LogP contribution in [0.3, 0.4) is 0 Å². The summed E-state index contributed by atoms with van der Waals surface area (Å²) in [4.78, 5) is 18.4. The van der Waals surface area contributed by atoms with Crippen LogP contribution in [-0.2, 0) is 11.2 Å². The van der Waals surface area contributed by atoms with Crippen molar-refractivity contribution in [2.24, 2.45) is 0 Å². The lowest BCUT2D eigenvalue weighted by Crippen LogP contribution is -2.49. The number of hydrogen-bond acceptors (Lipinski definition) is 4. The molecule has 28 heavy (non-hydrogen) atoms. The summed E-state index contributed by atoms with van der Waals surface area (Å²) in [6.45, 7) is 7.54. The number of nitrogens with zero attached hydrogens (tertiary/aromatic N) is 2. The molecule has 1 heterocycles. The van der Waals surface area contributed by atoms with Crippen molar-refractivity contribution in [2.75, 3.05) is 50.3 Å². The molecule has 0 aromatic heterocycles. The number of halogens is 1. The Bertz CT molecular complexity index is 761. The molecular weight excluding hydrogens is 390 g/mol. The third kappa shape index (κ3) is 6.52. The number of hydrogen-bond donors (Lipinski definition) is 1. The average molecular weight is 418 g/mol. The molecule has 150 valence electrons. The zero-order valence-electron chi connectivity index (χ0n) is 16.4. The van der Waals surface area contributed by atoms with E-state index < -0.39 is 0 Å². The van der Waals surface area contributed by atoms with Gasteiger partial charge < -0.3 is 5.32 Å². The number of carbonyl (C=O) groups excluding carboxylic acids is 1. The first-order chi connectivity index (χ1) is 13.6. The summed E-state index contributed by atoms with van der Waals surface area (Å²) in [6, 6.07) is 16.0. The maximum Gasteiger partial charge on any atom is 0.238 e. The standard InChI is InChI=1S/C22H28ClN3OS/c1-2-18-5-3-4-6-21(18)24-22(27)17-26-13-11-25(12-14-26)15-16-28-20-9-7-19(23)8-10-20/h3-10H,2,11-17H2,1H3,(H,24,27). The van der Waals surface area contributed by atoms with Gasteiger partial charge >= 0.3 is 0 Å². The molecule has 1 amide bonds. The van der Waals surface area contributed by atoms with E-state index in [-0.39, 0.29) is 5.91 Å². The van der Waals surface area contributed by atoms with Crippen LogP contribution in [0.25, 0.3) is 0 Å². The van der Waals surface area contributed by atoms with E-state index >= 15 is 0 Å². The SMILES string of the molecule is CCc1ccccc1NC(=O)CN1CCN(CCSc2ccc(Cl)cc2)CC1. The van der Waals surface area contributed by atoms with Gasteiger partial charge in [0.2, 0.25) is 5.91 Å². The lowest BCUT2D eigenvalue weighted by Gasteiger charge is -2.34. The lowest BCUT2D eigenvalue weighted by atomic mass is 10.1. The van der Waals surface area contributed by atoms with E-state index in [9.17, 15) is 4.79 Å². The van der Waals surface area contributed by atoms with Crippen LogP contribution in [0.15, 0.2) is 53.4 Å². The van der Waals surface area contributed by atoms with Crippen LogP contribution in [0.4, 0.5) is 5.69 Å². The van der Waals surface area contributed by atoms with Gasteiger partial charge in [-0.3, -0.25) is 14.6 Å². The van der Waals surface area contributed by atoms with Gasteiger partial charge in [0, 0.05) is 54.1 Å². The average Bonchev–Trinajstić information content (AvgIpc) is 2.71. The molecule has 0 spiro atoms. The third-order valence-corrected chi connectivity index (χ3v) is 6.24. The van der Waals surface area contributed by atoms with Crippen LogP contribution in [0.1, 0.15) is 12.5 Å². The minimum Gasteiger partial charge on any atom is -0.325 e. The van der Waals surface area contributed by atoms with E-state index in [2.05, 4.69) is 40.2 Å². The fraction of sp³-hybridized carbons (Fsp3) is 0.409. The number of thioether (sulfide) groups is 1. The molecule has 1 fully saturated rings. The molecule has 0 aliphatic carbocycles. The molecule has 1 aliphatic rings. The molecule has 0 unspecified atom stereocenters. The number of benzene rings is 2. The van der Waals surface area contributed by atoms with Crippen LogP contribution in [0.2, 0.25) is 5.02 Å². The minimum absolute atomic E-state index is 0.0765. The van der Waals surface area contributed by atoms with Crippen LogP contribution in [-0.4, -0.2) is 60.7 Å². The lowest BCUT2D eigenvalue weighted by molar-refractivity contribution is -0.117. The Kier molecular flexibility index (Phi) is 8.22. The molecule has 0 saturated carbocycles. The zero-order chi connectivity index (χ0) is 19.8. The largest absolute Gasteiger partial charge is 0.325 e. The maximum atomic E-state index is 12.4. The molecule has 1 aliphatic heterocycles. The molecule has 2 aromatic rings. The number of anilines is 1. The molecular formula is C22H28ClN3OS. The summed E-state index contributed by atoms with van der Waals surface area (Å²) in [5.74, 6) is 1.14. The van der Waals surface area contributed by atoms with Crippen LogP contribution in [0.5, 0.6) is 0 Å². The highest BCUT2D eigenvalue weighted by atomic mass is 35.5. The van der Waals surface area contributed by atoms with Crippen LogP contribution >= 0.6 is 23.4 Å². The van der Waals surface area contributed by atoms with E-state index in [4.69, 9.17) is 11.6 Å². The summed E-state index contributed by atoms with van der Waals surface area (Å²) in [5, 5.41) is 3.85. The quantitative estimate of drug-likeness (QED) is 0.651. The zero-order valence-corrected chi connectivity index (χ0v) is 17.9. The number of piperazine rings is 1. The van der Waals surface area contributed by atoms with Crippen LogP contribution in [0, 0.1) is 0 Å². The van der Waals surface area contributed by atoms with Gasteiger partial charge in [0.25, 0.3) is 0 Å². The summed E-state index contributed by atoms with van der Waals surface area (Å²) in [6.07, 6.45) is 0.920. The maximum absolute atomic E-state index is 12.4. The van der Waals surface area contributed by atoms with E-state index in [0.29, 0.717) is 6.54 Å². The number of rotatable bonds is 8. The number of nitrogens with one attached hydrogen (secondary N) is 1. The Hall–Kier alpha value is -1.53. The number of amides is 1. The first-order valence-electron chi connectivity index (χ1n) is 9.85. The second-order valence-corrected chi connectivity index (χ2v) is 8.58. The summed E-state index contributed by atoms with van der Waals surface area (Å²) < 4.78 is 0. The van der Waals surface area contributed by atoms with Crippen molar-refractivity contribution >= 4 is 35.0 Å². The topological polar surface area (TPSA) is 35.6 Å². The Balaban J connectivity index is 1.35. The Morgan fingerprint density at radius 2 is 1.71 bits per heavy atom. The van der Waals surface area contributed by atoms with Gasteiger partial charge in [-0.25, -0.2) is 0 Å². The second-order valence-electron chi connectivity index (χ2n) is 6.98. The first kappa shape index (κ1) is 21.2. The Labute approximate surface area is 177 Å². The van der Waals surface area contributed by atoms with E-state index in [0.717, 1.165) is 55.6 Å². The van der Waals surface area contributed by atoms with E-state index in [1.165, 1.54) is 10.5 Å². The predicted octanol–water partition coefficient (Wildman–Crippen LogP) is 4.25. The number of para-hydroxylation sites is 1. The van der Waals surface area contributed by atoms with Crippen molar-refractivity contribution in [1.29, 1.82) is 0 Å². The Morgan fingerprint density at radius 1 is 1.04 bits per heavy atom. The smallest absolute Gasteiger partial charge is 0.238 e. The van der Waals surface area contributed by atoms with Gasteiger partial charge in [0.15, 0.2) is 0 Å². The van der Waals surface area contributed by atoms with Crippen LogP contribution < -0.4 is 5.32 Å². The highest BCUT2D eigenvalue weighted by Crippen LogP contribution is 2.20. The summed E-state index contributed by atoms with van der Waals surface area (Å²) >= 11 is 7.79. The minimum atomic E-state index is 0.0765. The molecule has 0 radical (unpaired) electrons. The van der Waals surface area contributed by atoms with Gasteiger partial charge in [-0.1, -0.05) is 36.7 Å². The molecule has 0 atom stereocenters. The van der Waals surface area contributed by atoms with Crippen molar-refractivity contribution in [3.63, 3.8) is 0 Å². The summed E-state index contributed by atoms with van der Waals surface area (Å²) in [7, 11) is 0. The normalized spacial score (nSPS) is 15.5. The predicted molar refractivity (Wildman–Crippen MR) is 120 cm³/mol. The van der Waals surface area contributed by atoms with Crippen molar-refractivity contribution in [2.45, 2.75) is 18.2 Å². The van der Waals surface area contributed by atoms with Gasteiger partial charge in [0.1, 0.15) is 0 Å². The Morgan fingerprint density at radius 3 is 2.43 bits per heavy atom. The van der Waals surface area contributed by atoms with E-state index in [1.54, 1.807) is 0 Å². The van der Waals surface area contributed by atoms with Crippen molar-refractivity contribution in [3.05, 3.63) is 59.1 Å². The molecule has 1 saturated heterocycles. The molecule has 6 heteroatoms. The monoisotopic (exact) mass is 417 g/mol. The van der Waals surface area contributed by atoms with Crippen molar-refractivity contribution in [1.82, 2.24) is 9.80 Å². The van der Waals surface area contributed by atoms with Gasteiger partial charge in [-0.15, -0.1) is 11.8 Å². The van der Waals surface area contributed by atoms with E-state index in [1.807, 2.05) is 42.1 Å². The number of carbonyl (C=O) groups is 1. The highest BCUT2D eigenvalue weighted by molar-refractivity contribution is 7.99. The summed E-state index contributed by atoms with van der Waals surface area (Å²) in [5.41, 5.74) is 2.12. The first-order valence-corrected chi connectivity index (χ1v) is 11.2. The fourth-order valence-electron chi connectivity index (χ4n) is 3.34. The molecule has 1 N–H and O–H groups in total. The highest BCUT2D eigenvalue weighted by Gasteiger charge is 2.19. The molecule has 4 nitrogen and oxygen atoms in total. The van der Waals surface area contributed by atoms with Gasteiger partial charge in [-0.2, -0.15) is 0 Å².